The van der Waals surface area contributed by atoms with Gasteiger partial charge in [-0.05, 0) is 72.8 Å². The van der Waals surface area contributed by atoms with E-state index in [1.54, 1.807) is 36.3 Å². The second-order valence-corrected chi connectivity index (χ2v) is 8.72. The first kappa shape index (κ1) is 21.5. The van der Waals surface area contributed by atoms with Gasteiger partial charge in [0.15, 0.2) is 0 Å². The van der Waals surface area contributed by atoms with Gasteiger partial charge >= 0.3 is 0 Å². The average molecular weight is 464 g/mol. The van der Waals surface area contributed by atoms with Crippen molar-refractivity contribution < 1.29 is 4.79 Å². The van der Waals surface area contributed by atoms with Crippen LogP contribution in [0.5, 0.6) is 0 Å². The molecule has 34 heavy (non-hydrogen) atoms. The van der Waals surface area contributed by atoms with Gasteiger partial charge in [0.1, 0.15) is 5.82 Å². The number of para-hydroxylation sites is 1. The fourth-order valence-electron chi connectivity index (χ4n) is 3.50. The first-order valence-electron chi connectivity index (χ1n) is 10.7. The van der Waals surface area contributed by atoms with E-state index in [0.717, 1.165) is 37.8 Å². The lowest BCUT2D eigenvalue weighted by molar-refractivity contribution is 0.102. The van der Waals surface area contributed by atoms with Crippen LogP contribution in [0.4, 0.5) is 22.9 Å². The normalized spacial score (nSPS) is 10.7. The minimum atomic E-state index is -0.164. The van der Waals surface area contributed by atoms with Crippen molar-refractivity contribution in [1.29, 1.82) is 0 Å². The molecular formula is C27H21N5OS. The molecule has 5 aromatic rings. The van der Waals surface area contributed by atoms with E-state index in [2.05, 4.69) is 20.6 Å². The van der Waals surface area contributed by atoms with Crippen LogP contribution < -0.4 is 16.4 Å². The Bertz CT molecular complexity index is 1450. The Morgan fingerprint density at radius 2 is 1.50 bits per heavy atom. The summed E-state index contributed by atoms with van der Waals surface area (Å²) in [5.74, 6) is 0.326. The molecule has 0 bridgehead atoms. The molecule has 0 aliphatic rings. The molecule has 0 atom stereocenters. The van der Waals surface area contributed by atoms with Crippen molar-refractivity contribution in [2.24, 2.45) is 0 Å². The number of nitrogens with two attached hydrogens (primary N) is 1. The molecule has 1 amide bonds. The lowest BCUT2D eigenvalue weighted by Gasteiger charge is -2.10. The molecule has 0 saturated carbocycles. The Labute approximate surface area is 201 Å². The minimum absolute atomic E-state index is 0.164. The highest BCUT2D eigenvalue weighted by molar-refractivity contribution is 7.99. The van der Waals surface area contributed by atoms with Crippen LogP contribution in [0.1, 0.15) is 10.4 Å². The van der Waals surface area contributed by atoms with Crippen LogP contribution in [0.15, 0.2) is 113 Å². The van der Waals surface area contributed by atoms with E-state index >= 15 is 0 Å². The van der Waals surface area contributed by atoms with Gasteiger partial charge in [-0.15, -0.1) is 0 Å². The number of hydrogen-bond acceptors (Lipinski definition) is 6. The van der Waals surface area contributed by atoms with Crippen LogP contribution in [-0.4, -0.2) is 15.9 Å². The summed E-state index contributed by atoms with van der Waals surface area (Å²) in [5, 5.41) is 7.39. The highest BCUT2D eigenvalue weighted by Gasteiger charge is 2.08. The lowest BCUT2D eigenvalue weighted by atomic mass is 10.1. The molecule has 2 aromatic heterocycles. The smallest absolute Gasteiger partial charge is 0.255 e. The Balaban J connectivity index is 1.23. The number of nitrogens with zero attached hydrogens (tertiary/aromatic N) is 2. The molecule has 0 aliphatic carbocycles. The zero-order valence-corrected chi connectivity index (χ0v) is 18.9. The summed E-state index contributed by atoms with van der Waals surface area (Å²) < 4.78 is 0. The number of anilines is 4. The quantitative estimate of drug-likeness (QED) is 0.271. The molecule has 0 radical (unpaired) electrons. The summed E-state index contributed by atoms with van der Waals surface area (Å²) >= 11 is 1.58. The minimum Gasteiger partial charge on any atom is -0.384 e. The number of carbonyl (C=O) groups excluding carboxylic acids is 1. The number of carbonyl (C=O) groups is 1. The van der Waals surface area contributed by atoms with E-state index in [-0.39, 0.29) is 5.91 Å². The number of fused-ring (bicyclic) bond motifs is 1. The largest absolute Gasteiger partial charge is 0.384 e. The van der Waals surface area contributed by atoms with Crippen LogP contribution >= 0.6 is 11.8 Å². The summed E-state index contributed by atoms with van der Waals surface area (Å²) in [4.78, 5) is 23.2. The molecule has 0 aliphatic heterocycles. The zero-order valence-electron chi connectivity index (χ0n) is 18.1. The summed E-state index contributed by atoms with van der Waals surface area (Å²) in [6.07, 6.45) is 3.47. The topological polar surface area (TPSA) is 92.9 Å². The summed E-state index contributed by atoms with van der Waals surface area (Å²) in [7, 11) is 0. The number of nitrogens with one attached hydrogen (secondary N) is 2. The average Bonchev–Trinajstić information content (AvgIpc) is 2.86. The maximum Gasteiger partial charge on any atom is 0.255 e. The first-order valence-corrected chi connectivity index (χ1v) is 11.5. The van der Waals surface area contributed by atoms with Crippen molar-refractivity contribution in [2.45, 2.75) is 9.79 Å². The van der Waals surface area contributed by atoms with E-state index in [0.29, 0.717) is 11.4 Å². The number of aromatic nitrogens is 2. The molecule has 166 valence electrons. The number of hydrogen-bond donors (Lipinski definition) is 3. The molecule has 4 N–H and O–H groups in total. The summed E-state index contributed by atoms with van der Waals surface area (Å²) in [6, 6.07) is 28.7. The van der Waals surface area contributed by atoms with Crippen molar-refractivity contribution in [3.8, 4) is 0 Å². The molecule has 5 rings (SSSR count). The predicted octanol–water partition coefficient (Wildman–Crippen LogP) is 6.36. The van der Waals surface area contributed by atoms with Crippen LogP contribution in [-0.2, 0) is 0 Å². The standard InChI is InChI=1S/C27H21N5OS/c28-26-17-22(13-15-30-26)34-21-11-9-20(10-12-21)32-27(33)18-5-7-19(8-6-18)31-25-14-16-29-24-4-2-1-3-23(24)25/h1-17H,(H2,28,30)(H,29,31)(H,32,33). The summed E-state index contributed by atoms with van der Waals surface area (Å²) in [6.45, 7) is 0. The zero-order chi connectivity index (χ0) is 23.3. The SMILES string of the molecule is Nc1cc(Sc2ccc(NC(=O)c3ccc(Nc4ccnc5ccccc45)cc3)cc2)ccn1. The van der Waals surface area contributed by atoms with E-state index in [1.165, 1.54) is 0 Å². The van der Waals surface area contributed by atoms with Crippen molar-refractivity contribution >= 4 is 51.5 Å². The van der Waals surface area contributed by atoms with Gasteiger partial charge in [0.2, 0.25) is 0 Å². The van der Waals surface area contributed by atoms with Crippen LogP contribution in [0, 0.1) is 0 Å². The van der Waals surface area contributed by atoms with Gasteiger partial charge < -0.3 is 16.4 Å². The second kappa shape index (κ2) is 9.64. The fraction of sp³-hybridized carbons (Fsp3) is 0. The molecular weight excluding hydrogens is 442 g/mol. The van der Waals surface area contributed by atoms with Gasteiger partial charge in [-0.2, -0.15) is 0 Å². The summed E-state index contributed by atoms with van der Waals surface area (Å²) in [5.41, 5.74) is 9.84. The molecule has 0 saturated heterocycles. The molecule has 0 fully saturated rings. The highest BCUT2D eigenvalue weighted by Crippen LogP contribution is 2.29. The Hall–Kier alpha value is -4.36. The predicted molar refractivity (Wildman–Crippen MR) is 139 cm³/mol. The maximum atomic E-state index is 12.7. The molecule has 0 unspecified atom stereocenters. The van der Waals surface area contributed by atoms with Crippen molar-refractivity contribution in [3.63, 3.8) is 0 Å². The van der Waals surface area contributed by atoms with Gasteiger partial charge in [-0.1, -0.05) is 30.0 Å². The Morgan fingerprint density at radius 3 is 2.29 bits per heavy atom. The highest BCUT2D eigenvalue weighted by atomic mass is 32.2. The number of amides is 1. The van der Waals surface area contributed by atoms with Crippen LogP contribution in [0.25, 0.3) is 10.9 Å². The third-order valence-electron chi connectivity index (χ3n) is 5.18. The second-order valence-electron chi connectivity index (χ2n) is 7.57. The van der Waals surface area contributed by atoms with Gasteiger partial charge in [-0.25, -0.2) is 4.98 Å². The van der Waals surface area contributed by atoms with E-state index in [9.17, 15) is 4.79 Å². The number of benzene rings is 3. The molecule has 7 heteroatoms. The Morgan fingerprint density at radius 1 is 0.765 bits per heavy atom. The van der Waals surface area contributed by atoms with Gasteiger partial charge in [-0.3, -0.25) is 9.78 Å². The first-order chi connectivity index (χ1) is 16.6. The van der Waals surface area contributed by atoms with E-state index in [4.69, 9.17) is 5.73 Å². The third-order valence-corrected chi connectivity index (χ3v) is 6.17. The monoisotopic (exact) mass is 463 g/mol. The van der Waals surface area contributed by atoms with Crippen molar-refractivity contribution in [3.05, 3.63) is 109 Å². The maximum absolute atomic E-state index is 12.7. The third kappa shape index (κ3) is 5.00. The fourth-order valence-corrected chi connectivity index (χ4v) is 4.36. The number of nitrogen functional groups attached to an aromatic ring is 1. The van der Waals surface area contributed by atoms with Gasteiger partial charge in [0, 0.05) is 50.2 Å². The van der Waals surface area contributed by atoms with Crippen molar-refractivity contribution in [2.75, 3.05) is 16.4 Å². The number of pyridine rings is 2. The van der Waals surface area contributed by atoms with Crippen LogP contribution in [0.2, 0.25) is 0 Å². The molecule has 6 nitrogen and oxygen atoms in total. The van der Waals surface area contributed by atoms with Gasteiger partial charge in [0.25, 0.3) is 5.91 Å². The van der Waals surface area contributed by atoms with Gasteiger partial charge in [0.05, 0.1) is 5.52 Å². The van der Waals surface area contributed by atoms with Crippen molar-refractivity contribution in [1.82, 2.24) is 9.97 Å². The van der Waals surface area contributed by atoms with E-state index < -0.39 is 0 Å². The number of rotatable bonds is 6. The van der Waals surface area contributed by atoms with E-state index in [1.807, 2.05) is 78.9 Å². The molecule has 3 aromatic carbocycles. The van der Waals surface area contributed by atoms with Crippen LogP contribution in [0.3, 0.4) is 0 Å². The lowest BCUT2D eigenvalue weighted by Crippen LogP contribution is -2.11. The molecule has 2 heterocycles. The Kier molecular flexibility index (Phi) is 6.09. The molecule has 0 spiro atoms.